The van der Waals surface area contributed by atoms with Gasteiger partial charge in [-0.2, -0.15) is 0 Å². The van der Waals surface area contributed by atoms with Crippen molar-refractivity contribution in [3.63, 3.8) is 0 Å². The van der Waals surface area contributed by atoms with Gasteiger partial charge >= 0.3 is 0 Å². The largest absolute Gasteiger partial charge is 0.344 e. The maximum atomic E-state index is 15.6. The summed E-state index contributed by atoms with van der Waals surface area (Å²) in [5.41, 5.74) is 0.462. The Morgan fingerprint density at radius 2 is 1.71 bits per heavy atom. The van der Waals surface area contributed by atoms with Crippen LogP contribution in [0.2, 0.25) is 0 Å². The van der Waals surface area contributed by atoms with Gasteiger partial charge in [0.1, 0.15) is 17.9 Å². The summed E-state index contributed by atoms with van der Waals surface area (Å²) in [5.74, 6) is 3.52. The Bertz CT molecular complexity index is 1230. The van der Waals surface area contributed by atoms with Gasteiger partial charge in [-0.15, -0.1) is 0 Å². The molecule has 13 heteroatoms. The van der Waals surface area contributed by atoms with E-state index >= 15 is 4.39 Å². The van der Waals surface area contributed by atoms with Crippen LogP contribution >= 0.6 is 0 Å². The number of carbonyl (C=O) groups excluding carboxylic acids is 4. The number of hydrogen-bond acceptors (Lipinski definition) is 7. The van der Waals surface area contributed by atoms with Crippen molar-refractivity contribution in [1.29, 1.82) is 0 Å². The quantitative estimate of drug-likeness (QED) is 0.134. The van der Waals surface area contributed by atoms with Crippen LogP contribution in [-0.4, -0.2) is 103 Å². The van der Waals surface area contributed by atoms with Gasteiger partial charge in [-0.3, -0.25) is 29.2 Å². The summed E-state index contributed by atoms with van der Waals surface area (Å²) in [4.78, 5) is 60.5. The molecule has 45 heavy (non-hydrogen) atoms. The third-order valence-corrected chi connectivity index (χ3v) is 9.12. The molecule has 0 aromatic heterocycles. The molecule has 0 unspecified atom stereocenters. The summed E-state index contributed by atoms with van der Waals surface area (Å²) in [6, 6.07) is 2.61. The van der Waals surface area contributed by atoms with E-state index < -0.39 is 35.6 Å². The number of likely N-dealkylation sites (N-methyl/N-ethyl adjacent to an activating group) is 2. The highest BCUT2D eigenvalue weighted by Gasteiger charge is 2.35. The van der Waals surface area contributed by atoms with E-state index in [0.717, 1.165) is 38.8 Å². The number of carbonyl (C=O) groups is 4. The highest BCUT2D eigenvalue weighted by molar-refractivity contribution is 6.38. The number of benzene rings is 1. The van der Waals surface area contributed by atoms with Crippen LogP contribution in [0, 0.1) is 17.7 Å². The number of aliphatic imine (C=N–C) groups is 1. The molecular weight excluding hydrogens is 579 g/mol. The van der Waals surface area contributed by atoms with Crippen LogP contribution in [-0.2, 0) is 19.2 Å². The van der Waals surface area contributed by atoms with Crippen molar-refractivity contribution < 1.29 is 23.6 Å². The van der Waals surface area contributed by atoms with Crippen molar-refractivity contribution in [2.45, 2.75) is 77.8 Å². The maximum Gasteiger partial charge on any atom is 0.288 e. The first-order valence-corrected chi connectivity index (χ1v) is 16.1. The van der Waals surface area contributed by atoms with Gasteiger partial charge in [0.05, 0.1) is 5.69 Å². The fraction of sp³-hybridized carbons (Fsp3) is 0.656. The first-order valence-electron chi connectivity index (χ1n) is 16.1. The fourth-order valence-corrected chi connectivity index (χ4v) is 5.95. The number of hydrogen-bond donors (Lipinski definition) is 4. The molecule has 1 aliphatic carbocycles. The smallest absolute Gasteiger partial charge is 0.288 e. The average Bonchev–Trinajstić information content (AvgIpc) is 3.03. The van der Waals surface area contributed by atoms with E-state index in [1.54, 1.807) is 31.7 Å². The molecule has 5 N–H and O–H groups in total. The zero-order valence-corrected chi connectivity index (χ0v) is 27.6. The third kappa shape index (κ3) is 9.46. The van der Waals surface area contributed by atoms with E-state index in [1.165, 1.54) is 24.2 Å². The van der Waals surface area contributed by atoms with E-state index in [9.17, 15) is 19.2 Å². The Hall–Kier alpha value is -3.58. The van der Waals surface area contributed by atoms with Crippen molar-refractivity contribution in [2.75, 3.05) is 52.1 Å². The Labute approximate surface area is 266 Å². The van der Waals surface area contributed by atoms with Gasteiger partial charge in [-0.1, -0.05) is 39.7 Å². The lowest BCUT2D eigenvalue weighted by atomic mass is 9.79. The number of nitrogens with zero attached hydrogens (tertiary/aromatic N) is 4. The van der Waals surface area contributed by atoms with Crippen LogP contribution in [0.4, 0.5) is 10.1 Å². The Kier molecular flexibility index (Phi) is 13.3. The molecule has 0 bridgehead atoms. The molecule has 3 rings (SSSR count). The second-order valence-electron chi connectivity index (χ2n) is 12.3. The van der Waals surface area contributed by atoms with Crippen LogP contribution in [0.1, 0.15) is 71.3 Å². The van der Waals surface area contributed by atoms with Gasteiger partial charge in [0.25, 0.3) is 5.91 Å². The van der Waals surface area contributed by atoms with E-state index in [0.29, 0.717) is 31.1 Å². The van der Waals surface area contributed by atoms with E-state index in [-0.39, 0.29) is 35.7 Å². The molecule has 3 atom stereocenters. The molecule has 1 aromatic carbocycles. The minimum atomic E-state index is -0.917. The number of piperazine rings is 1. The predicted octanol–water partition coefficient (Wildman–Crippen LogP) is 2.07. The Morgan fingerprint density at radius 3 is 2.27 bits per heavy atom. The lowest BCUT2D eigenvalue weighted by molar-refractivity contribution is -0.138. The summed E-state index contributed by atoms with van der Waals surface area (Å²) in [7, 11) is 3.45. The van der Waals surface area contributed by atoms with E-state index in [1.807, 2.05) is 7.05 Å². The maximum absolute atomic E-state index is 15.6. The van der Waals surface area contributed by atoms with E-state index in [4.69, 9.17) is 5.84 Å². The normalized spacial score (nSPS) is 21.3. The molecule has 0 radical (unpaired) electrons. The first-order chi connectivity index (χ1) is 21.4. The number of anilines is 1. The molecule has 1 aromatic rings. The molecule has 1 saturated carbocycles. The fourth-order valence-electron chi connectivity index (χ4n) is 5.95. The Morgan fingerprint density at radius 1 is 1.07 bits per heavy atom. The van der Waals surface area contributed by atoms with Crippen LogP contribution in [0.3, 0.4) is 0 Å². The van der Waals surface area contributed by atoms with Crippen LogP contribution in [0.25, 0.3) is 0 Å². The predicted molar refractivity (Wildman–Crippen MR) is 173 cm³/mol. The molecule has 2 fully saturated rings. The standard InChI is InChI=1S/C32H51FN8O4/c1-7-26(42)37-27(32(45)40-17-15-39(6)16-18-40)21(4)23-13-14-25(24(33)19-23)36-30(43)28(22-11-9-20(3)10-12-22)38-31(44)29(35-5)41(34)8-2/h13-14,19-22,27-28H,7-12,15-18,34H2,1-6H3,(H,36,43)(H,37,42)(H,38,44)/t20?,21-,22?,27+,28-/m0/s1. The Balaban J connectivity index is 1.81. The zero-order chi connectivity index (χ0) is 33.3. The molecule has 1 aliphatic heterocycles. The van der Waals surface area contributed by atoms with Gasteiger partial charge in [-0.25, -0.2) is 10.2 Å². The summed E-state index contributed by atoms with van der Waals surface area (Å²) < 4.78 is 15.6. The van der Waals surface area contributed by atoms with Crippen LogP contribution in [0.5, 0.6) is 0 Å². The topological polar surface area (TPSA) is 152 Å². The van der Waals surface area contributed by atoms with Crippen molar-refractivity contribution >= 4 is 35.2 Å². The number of amides is 4. The summed E-state index contributed by atoms with van der Waals surface area (Å²) >= 11 is 0. The molecule has 250 valence electrons. The monoisotopic (exact) mass is 630 g/mol. The summed E-state index contributed by atoms with van der Waals surface area (Å²) in [6.45, 7) is 10.3. The number of nitrogens with two attached hydrogens (primary N) is 1. The molecule has 12 nitrogen and oxygen atoms in total. The lowest BCUT2D eigenvalue weighted by Gasteiger charge is -2.36. The summed E-state index contributed by atoms with van der Waals surface area (Å²) in [6.07, 6.45) is 3.53. The van der Waals surface area contributed by atoms with Crippen molar-refractivity contribution in [1.82, 2.24) is 25.4 Å². The van der Waals surface area contributed by atoms with Gasteiger partial charge in [-0.05, 0) is 56.3 Å². The number of hydrazine groups is 1. The number of rotatable bonds is 10. The van der Waals surface area contributed by atoms with Gasteiger partial charge < -0.3 is 25.8 Å². The third-order valence-electron chi connectivity index (χ3n) is 9.12. The minimum absolute atomic E-state index is 0.000150. The zero-order valence-electron chi connectivity index (χ0n) is 27.6. The molecular formula is C32H51FN8O4. The van der Waals surface area contributed by atoms with Gasteiger partial charge in [0.2, 0.25) is 23.6 Å². The second-order valence-corrected chi connectivity index (χ2v) is 12.3. The molecule has 2 aliphatic rings. The number of nitrogens with one attached hydrogen (secondary N) is 3. The molecule has 1 saturated heterocycles. The number of halogens is 1. The minimum Gasteiger partial charge on any atom is -0.344 e. The SMILES string of the molecule is CCC(=O)N[C@@H](C(=O)N1CCN(C)CC1)[C@@H](C)c1ccc(NC(=O)[C@@H](NC(=O)C(=NC)N(N)CC)C2CCC(C)CC2)c(F)c1. The molecule has 1 heterocycles. The average molecular weight is 631 g/mol. The summed E-state index contributed by atoms with van der Waals surface area (Å²) in [5, 5.41) is 9.53. The van der Waals surface area contributed by atoms with Crippen molar-refractivity contribution in [2.24, 2.45) is 22.7 Å². The highest BCUT2D eigenvalue weighted by atomic mass is 19.1. The van der Waals surface area contributed by atoms with Crippen molar-refractivity contribution in [3.05, 3.63) is 29.6 Å². The second kappa shape index (κ2) is 16.6. The van der Waals surface area contributed by atoms with E-state index in [2.05, 4.69) is 32.8 Å². The van der Waals surface area contributed by atoms with Gasteiger partial charge in [0.15, 0.2) is 0 Å². The van der Waals surface area contributed by atoms with Crippen LogP contribution in [0.15, 0.2) is 23.2 Å². The molecule has 4 amide bonds. The highest BCUT2D eigenvalue weighted by Crippen LogP contribution is 2.32. The first kappa shape index (κ1) is 35.9. The lowest BCUT2D eigenvalue weighted by Crippen LogP contribution is -2.55. The van der Waals surface area contributed by atoms with Crippen molar-refractivity contribution in [3.8, 4) is 0 Å². The number of amidine groups is 1. The van der Waals surface area contributed by atoms with Gasteiger partial charge in [0, 0.05) is 52.1 Å². The molecule has 0 spiro atoms. The van der Waals surface area contributed by atoms with Crippen LogP contribution < -0.4 is 21.8 Å².